The van der Waals surface area contributed by atoms with Crippen molar-refractivity contribution in [2.24, 2.45) is 10.8 Å². The van der Waals surface area contributed by atoms with E-state index in [2.05, 4.69) is 65.5 Å². The number of thioether (sulfide) groups is 1. The lowest BCUT2D eigenvalue weighted by Crippen LogP contribution is -2.55. The Balaban J connectivity index is 2.62. The number of hydrogen-bond acceptors (Lipinski definition) is 2. The van der Waals surface area contributed by atoms with Crippen molar-refractivity contribution in [2.75, 3.05) is 11.5 Å². The Labute approximate surface area is 113 Å². The van der Waals surface area contributed by atoms with Crippen molar-refractivity contribution < 1.29 is 0 Å². The maximum absolute atomic E-state index is 3.92. The van der Waals surface area contributed by atoms with Crippen LogP contribution in [0.3, 0.4) is 0 Å². The second kappa shape index (κ2) is 5.13. The third kappa shape index (κ3) is 5.21. The quantitative estimate of drug-likeness (QED) is 0.808. The van der Waals surface area contributed by atoms with Gasteiger partial charge in [0.05, 0.1) is 0 Å². The van der Waals surface area contributed by atoms with Crippen molar-refractivity contribution in [1.82, 2.24) is 5.32 Å². The molecule has 17 heavy (non-hydrogen) atoms. The highest BCUT2D eigenvalue weighted by atomic mass is 32.2. The van der Waals surface area contributed by atoms with Crippen LogP contribution in [-0.4, -0.2) is 23.1 Å². The second-order valence-electron chi connectivity index (χ2n) is 8.13. The Kier molecular flexibility index (Phi) is 4.63. The van der Waals surface area contributed by atoms with Crippen LogP contribution in [-0.2, 0) is 0 Å². The molecule has 1 heterocycles. The topological polar surface area (TPSA) is 12.0 Å². The van der Waals surface area contributed by atoms with E-state index >= 15 is 0 Å². The van der Waals surface area contributed by atoms with E-state index in [1.807, 2.05) is 0 Å². The van der Waals surface area contributed by atoms with Crippen LogP contribution in [0, 0.1) is 10.8 Å². The van der Waals surface area contributed by atoms with Crippen molar-refractivity contribution in [3.05, 3.63) is 0 Å². The zero-order valence-corrected chi connectivity index (χ0v) is 13.6. The van der Waals surface area contributed by atoms with Gasteiger partial charge in [-0.3, -0.25) is 0 Å². The normalized spacial score (nSPS) is 25.9. The van der Waals surface area contributed by atoms with E-state index in [1.54, 1.807) is 0 Å². The van der Waals surface area contributed by atoms with Gasteiger partial charge in [0, 0.05) is 17.3 Å². The second-order valence-corrected chi connectivity index (χ2v) is 9.28. The van der Waals surface area contributed by atoms with E-state index < -0.39 is 0 Å². The molecule has 2 heteroatoms. The first-order valence-electron chi connectivity index (χ1n) is 6.87. The predicted molar refractivity (Wildman–Crippen MR) is 80.8 cm³/mol. The summed E-state index contributed by atoms with van der Waals surface area (Å²) >= 11 is 2.10. The molecule has 102 valence electrons. The first-order valence-corrected chi connectivity index (χ1v) is 8.03. The average molecular weight is 257 g/mol. The van der Waals surface area contributed by atoms with Crippen LogP contribution < -0.4 is 5.32 Å². The summed E-state index contributed by atoms with van der Waals surface area (Å²) < 4.78 is 0. The van der Waals surface area contributed by atoms with Gasteiger partial charge >= 0.3 is 0 Å². The molecule has 0 aromatic rings. The van der Waals surface area contributed by atoms with Gasteiger partial charge in [-0.2, -0.15) is 11.8 Å². The van der Waals surface area contributed by atoms with E-state index in [-0.39, 0.29) is 5.54 Å². The first-order chi connectivity index (χ1) is 7.52. The fourth-order valence-corrected chi connectivity index (χ4v) is 4.63. The van der Waals surface area contributed by atoms with Gasteiger partial charge in [-0.05, 0) is 43.3 Å². The molecule has 1 nitrogen and oxygen atoms in total. The van der Waals surface area contributed by atoms with Gasteiger partial charge in [0.2, 0.25) is 0 Å². The van der Waals surface area contributed by atoms with E-state index in [0.29, 0.717) is 16.9 Å². The van der Waals surface area contributed by atoms with E-state index in [0.717, 1.165) is 0 Å². The summed E-state index contributed by atoms with van der Waals surface area (Å²) in [5.74, 6) is 2.59. The maximum Gasteiger partial charge on any atom is 0.0214 e. The van der Waals surface area contributed by atoms with Crippen molar-refractivity contribution in [2.45, 2.75) is 72.9 Å². The SMILES string of the molecule is CC(C)(C)CC(C)(C)NC1CSCCC1(C)C. The van der Waals surface area contributed by atoms with Gasteiger partial charge in [-0.15, -0.1) is 0 Å². The standard InChI is InChI=1S/C15H31NS/c1-13(2,3)11-15(6,7)16-12-10-17-9-8-14(12,4)5/h12,16H,8-11H2,1-7H3. The third-order valence-corrected chi connectivity index (χ3v) is 4.72. The van der Waals surface area contributed by atoms with E-state index in [4.69, 9.17) is 0 Å². The molecule has 1 unspecified atom stereocenters. The molecule has 0 saturated carbocycles. The lowest BCUT2D eigenvalue weighted by atomic mass is 9.77. The fourth-order valence-electron chi connectivity index (χ4n) is 3.02. The molecule has 0 amide bonds. The summed E-state index contributed by atoms with van der Waals surface area (Å²) in [6.45, 7) is 16.5. The minimum atomic E-state index is 0.234. The fraction of sp³-hybridized carbons (Fsp3) is 1.00. The molecule has 1 atom stereocenters. The first kappa shape index (κ1) is 15.4. The summed E-state index contributed by atoms with van der Waals surface area (Å²) in [5, 5.41) is 3.92. The largest absolute Gasteiger partial charge is 0.308 e. The molecule has 1 rings (SSSR count). The highest BCUT2D eigenvalue weighted by molar-refractivity contribution is 7.99. The van der Waals surface area contributed by atoms with Gasteiger partial charge in [0.1, 0.15) is 0 Å². The zero-order valence-electron chi connectivity index (χ0n) is 12.8. The van der Waals surface area contributed by atoms with E-state index in [1.165, 1.54) is 24.3 Å². The van der Waals surface area contributed by atoms with Crippen LogP contribution in [0.2, 0.25) is 0 Å². The molecule has 1 aliphatic heterocycles. The molecule has 1 aliphatic rings. The van der Waals surface area contributed by atoms with Gasteiger partial charge in [0.25, 0.3) is 0 Å². The van der Waals surface area contributed by atoms with Crippen LogP contribution in [0.1, 0.15) is 61.3 Å². The van der Waals surface area contributed by atoms with Crippen molar-refractivity contribution >= 4 is 11.8 Å². The van der Waals surface area contributed by atoms with Crippen LogP contribution in [0.25, 0.3) is 0 Å². The molecule has 0 aliphatic carbocycles. The van der Waals surface area contributed by atoms with Gasteiger partial charge in [0.15, 0.2) is 0 Å². The van der Waals surface area contributed by atoms with Gasteiger partial charge in [-0.25, -0.2) is 0 Å². The lowest BCUT2D eigenvalue weighted by molar-refractivity contribution is 0.163. The van der Waals surface area contributed by atoms with Gasteiger partial charge < -0.3 is 5.32 Å². The van der Waals surface area contributed by atoms with Gasteiger partial charge in [-0.1, -0.05) is 34.6 Å². The molecular weight excluding hydrogens is 226 g/mol. The molecule has 0 radical (unpaired) electrons. The number of hydrogen-bond donors (Lipinski definition) is 1. The Bertz CT molecular complexity index is 250. The van der Waals surface area contributed by atoms with Crippen LogP contribution in [0.4, 0.5) is 0 Å². The lowest BCUT2D eigenvalue weighted by Gasteiger charge is -2.45. The Morgan fingerprint density at radius 3 is 2.24 bits per heavy atom. The molecule has 1 N–H and O–H groups in total. The molecule has 0 bridgehead atoms. The zero-order chi connectivity index (χ0) is 13.3. The minimum absolute atomic E-state index is 0.234. The minimum Gasteiger partial charge on any atom is -0.308 e. The highest BCUT2D eigenvalue weighted by Gasteiger charge is 2.36. The summed E-state index contributed by atoms with van der Waals surface area (Å²) in [6, 6.07) is 0.651. The van der Waals surface area contributed by atoms with Crippen LogP contribution >= 0.6 is 11.8 Å². The average Bonchev–Trinajstić information content (AvgIpc) is 2.03. The summed E-state index contributed by atoms with van der Waals surface area (Å²) in [4.78, 5) is 0. The summed E-state index contributed by atoms with van der Waals surface area (Å²) in [5.41, 5.74) is 1.07. The van der Waals surface area contributed by atoms with Crippen molar-refractivity contribution in [1.29, 1.82) is 0 Å². The monoisotopic (exact) mass is 257 g/mol. The Morgan fingerprint density at radius 2 is 1.76 bits per heavy atom. The van der Waals surface area contributed by atoms with Crippen LogP contribution in [0.5, 0.6) is 0 Å². The van der Waals surface area contributed by atoms with Crippen molar-refractivity contribution in [3.8, 4) is 0 Å². The molecule has 1 fully saturated rings. The maximum atomic E-state index is 3.92. The third-order valence-electron chi connectivity index (χ3n) is 3.66. The summed E-state index contributed by atoms with van der Waals surface area (Å²) in [6.07, 6.45) is 2.55. The molecule has 0 aromatic carbocycles. The van der Waals surface area contributed by atoms with E-state index in [9.17, 15) is 0 Å². The predicted octanol–water partition coefficient (Wildman–Crippen LogP) is 4.32. The Morgan fingerprint density at radius 1 is 1.18 bits per heavy atom. The molecule has 0 spiro atoms. The highest BCUT2D eigenvalue weighted by Crippen LogP contribution is 2.36. The molecular formula is C15H31NS. The summed E-state index contributed by atoms with van der Waals surface area (Å²) in [7, 11) is 0. The van der Waals surface area contributed by atoms with Crippen LogP contribution in [0.15, 0.2) is 0 Å². The Hall–Kier alpha value is 0.310. The number of nitrogens with one attached hydrogen (secondary N) is 1. The van der Waals surface area contributed by atoms with Crippen molar-refractivity contribution in [3.63, 3.8) is 0 Å². The molecule has 0 aromatic heterocycles. The smallest absolute Gasteiger partial charge is 0.0214 e. The molecule has 1 saturated heterocycles. The number of rotatable bonds is 3.